The molecule has 1 amide bonds. The summed E-state index contributed by atoms with van der Waals surface area (Å²) in [6.45, 7) is 5.22. The zero-order valence-electron chi connectivity index (χ0n) is 15.5. The molecule has 7 heteroatoms. The van der Waals surface area contributed by atoms with Gasteiger partial charge in [0.1, 0.15) is 12.4 Å². The maximum Gasteiger partial charge on any atom is 0.269 e. The van der Waals surface area contributed by atoms with Gasteiger partial charge in [0.05, 0.1) is 0 Å². The van der Waals surface area contributed by atoms with Gasteiger partial charge in [-0.2, -0.15) is 0 Å². The van der Waals surface area contributed by atoms with E-state index in [1.54, 1.807) is 12.1 Å². The number of ether oxygens (including phenoxy) is 1. The van der Waals surface area contributed by atoms with E-state index in [0.717, 1.165) is 36.3 Å². The molecule has 0 aliphatic heterocycles. The van der Waals surface area contributed by atoms with Crippen molar-refractivity contribution in [1.29, 1.82) is 0 Å². The number of rotatable bonds is 7. The molecule has 2 rings (SSSR count). The van der Waals surface area contributed by atoms with Crippen LogP contribution in [0.3, 0.4) is 0 Å². The Morgan fingerprint density at radius 1 is 1.15 bits per heavy atom. The molecule has 0 aliphatic carbocycles. The molecule has 0 aromatic heterocycles. The first-order valence-corrected chi connectivity index (χ1v) is 9.60. The van der Waals surface area contributed by atoms with Gasteiger partial charge >= 0.3 is 0 Å². The highest BCUT2D eigenvalue weighted by atomic mass is 35.5. The Hall–Kier alpha value is -2.31. The maximum atomic E-state index is 12.1. The number of halogens is 1. The molecule has 0 unspecified atom stereocenters. The quantitative estimate of drug-likeness (QED) is 0.367. The highest BCUT2D eigenvalue weighted by Crippen LogP contribution is 2.21. The molecule has 0 fully saturated rings. The standard InChI is InChI=1S/C20H24ClN3O2S/c1-3-4-11-22-20(27)24-23-19(25)16-7-5-15(6-8-16)13-26-17-9-10-18(21)14(2)12-17/h5-10,12H,3-4,11,13H2,1-2H3,(H,23,25)(H2,22,24,27). The molecule has 2 aromatic rings. The number of nitrogens with one attached hydrogen (secondary N) is 3. The van der Waals surface area contributed by atoms with Crippen molar-refractivity contribution in [2.24, 2.45) is 0 Å². The Labute approximate surface area is 170 Å². The molecular weight excluding hydrogens is 382 g/mol. The van der Waals surface area contributed by atoms with Crippen molar-refractivity contribution in [3.63, 3.8) is 0 Å². The predicted octanol–water partition coefficient (Wildman–Crippen LogP) is 4.14. The van der Waals surface area contributed by atoms with Crippen molar-refractivity contribution in [1.82, 2.24) is 16.2 Å². The number of carbonyl (C=O) groups is 1. The number of aryl methyl sites for hydroxylation is 1. The van der Waals surface area contributed by atoms with Crippen LogP contribution in [0.15, 0.2) is 42.5 Å². The van der Waals surface area contributed by atoms with E-state index in [1.165, 1.54) is 0 Å². The molecular formula is C20H24ClN3O2S. The lowest BCUT2D eigenvalue weighted by molar-refractivity contribution is 0.0943. The molecule has 5 nitrogen and oxygen atoms in total. The van der Waals surface area contributed by atoms with Crippen LogP contribution < -0.4 is 20.9 Å². The summed E-state index contributed by atoms with van der Waals surface area (Å²) in [6, 6.07) is 12.7. The summed E-state index contributed by atoms with van der Waals surface area (Å²) in [6.07, 6.45) is 2.10. The number of amides is 1. The summed E-state index contributed by atoms with van der Waals surface area (Å²) in [5, 5.41) is 4.14. The number of hydrogen-bond acceptors (Lipinski definition) is 3. The zero-order valence-corrected chi connectivity index (χ0v) is 17.0. The topological polar surface area (TPSA) is 62.4 Å². The Morgan fingerprint density at radius 2 is 1.89 bits per heavy atom. The van der Waals surface area contributed by atoms with Crippen LogP contribution in [0.25, 0.3) is 0 Å². The summed E-state index contributed by atoms with van der Waals surface area (Å²) < 4.78 is 5.76. The molecule has 0 spiro atoms. The molecule has 0 saturated carbocycles. The number of carbonyl (C=O) groups excluding carboxylic acids is 1. The van der Waals surface area contributed by atoms with Gasteiger partial charge in [0.25, 0.3) is 5.91 Å². The van der Waals surface area contributed by atoms with Gasteiger partial charge in [-0.3, -0.25) is 15.6 Å². The van der Waals surface area contributed by atoms with Gasteiger partial charge in [-0.25, -0.2) is 0 Å². The minimum absolute atomic E-state index is 0.254. The van der Waals surface area contributed by atoms with Crippen LogP contribution in [0.2, 0.25) is 5.02 Å². The van der Waals surface area contributed by atoms with Crippen molar-refractivity contribution < 1.29 is 9.53 Å². The van der Waals surface area contributed by atoms with Crippen molar-refractivity contribution in [2.75, 3.05) is 6.54 Å². The van der Waals surface area contributed by atoms with Gasteiger partial charge < -0.3 is 10.1 Å². The Morgan fingerprint density at radius 3 is 2.56 bits per heavy atom. The second kappa shape index (κ2) is 10.7. The second-order valence-corrected chi connectivity index (χ2v) is 6.90. The number of benzene rings is 2. The van der Waals surface area contributed by atoms with E-state index < -0.39 is 0 Å². The molecule has 144 valence electrons. The fourth-order valence-electron chi connectivity index (χ4n) is 2.23. The van der Waals surface area contributed by atoms with Crippen molar-refractivity contribution >= 4 is 34.8 Å². The molecule has 0 atom stereocenters. The first kappa shape index (κ1) is 21.0. The summed E-state index contributed by atoms with van der Waals surface area (Å²) in [5.41, 5.74) is 7.74. The molecule has 0 heterocycles. The van der Waals surface area contributed by atoms with Crippen LogP contribution in [0.5, 0.6) is 5.75 Å². The van der Waals surface area contributed by atoms with E-state index in [0.29, 0.717) is 22.3 Å². The third-order valence-corrected chi connectivity index (χ3v) is 4.53. The average Bonchev–Trinajstić information content (AvgIpc) is 2.67. The number of thiocarbonyl (C=S) groups is 1. The van der Waals surface area contributed by atoms with Gasteiger partial charge in [-0.15, -0.1) is 0 Å². The van der Waals surface area contributed by atoms with E-state index in [9.17, 15) is 4.79 Å². The first-order valence-electron chi connectivity index (χ1n) is 8.81. The molecule has 0 bridgehead atoms. The Balaban J connectivity index is 1.80. The Bertz CT molecular complexity index is 781. The number of unbranched alkanes of at least 4 members (excludes halogenated alkanes) is 1. The van der Waals surface area contributed by atoms with Gasteiger partial charge in [0, 0.05) is 17.1 Å². The van der Waals surface area contributed by atoms with Crippen LogP contribution in [-0.4, -0.2) is 17.6 Å². The van der Waals surface area contributed by atoms with Crippen LogP contribution in [0.4, 0.5) is 0 Å². The number of hydrazine groups is 1. The monoisotopic (exact) mass is 405 g/mol. The summed E-state index contributed by atoms with van der Waals surface area (Å²) >= 11 is 11.1. The second-order valence-electron chi connectivity index (χ2n) is 6.09. The van der Waals surface area contributed by atoms with Crippen molar-refractivity contribution in [2.45, 2.75) is 33.3 Å². The first-order chi connectivity index (χ1) is 13.0. The van der Waals surface area contributed by atoms with Crippen LogP contribution in [0.1, 0.15) is 41.3 Å². The zero-order chi connectivity index (χ0) is 19.6. The van der Waals surface area contributed by atoms with E-state index in [2.05, 4.69) is 23.1 Å². The SMILES string of the molecule is CCCCNC(=S)NNC(=O)c1ccc(COc2ccc(Cl)c(C)c2)cc1. The molecule has 0 saturated heterocycles. The van der Waals surface area contributed by atoms with E-state index in [-0.39, 0.29) is 5.91 Å². The lowest BCUT2D eigenvalue weighted by Crippen LogP contribution is -2.46. The average molecular weight is 406 g/mol. The van der Waals surface area contributed by atoms with Crippen LogP contribution in [-0.2, 0) is 6.61 Å². The van der Waals surface area contributed by atoms with Gasteiger partial charge in [0.2, 0.25) is 0 Å². The molecule has 0 radical (unpaired) electrons. The lowest BCUT2D eigenvalue weighted by atomic mass is 10.1. The fraction of sp³-hybridized carbons (Fsp3) is 0.300. The largest absolute Gasteiger partial charge is 0.489 e. The molecule has 27 heavy (non-hydrogen) atoms. The smallest absolute Gasteiger partial charge is 0.269 e. The summed E-state index contributed by atoms with van der Waals surface area (Å²) in [4.78, 5) is 12.1. The minimum atomic E-state index is -0.254. The van der Waals surface area contributed by atoms with E-state index in [4.69, 9.17) is 28.6 Å². The van der Waals surface area contributed by atoms with Crippen molar-refractivity contribution in [3.05, 3.63) is 64.2 Å². The summed E-state index contributed by atoms with van der Waals surface area (Å²) in [7, 11) is 0. The third kappa shape index (κ3) is 7.07. The number of hydrogen-bond donors (Lipinski definition) is 3. The molecule has 2 aromatic carbocycles. The van der Waals surface area contributed by atoms with E-state index in [1.807, 2.05) is 37.3 Å². The van der Waals surface area contributed by atoms with Gasteiger partial charge in [0.15, 0.2) is 5.11 Å². The maximum absolute atomic E-state index is 12.1. The lowest BCUT2D eigenvalue weighted by Gasteiger charge is -2.11. The van der Waals surface area contributed by atoms with Crippen LogP contribution >= 0.6 is 23.8 Å². The van der Waals surface area contributed by atoms with Crippen molar-refractivity contribution in [3.8, 4) is 5.75 Å². The fourth-order valence-corrected chi connectivity index (χ4v) is 2.51. The highest BCUT2D eigenvalue weighted by Gasteiger charge is 2.06. The Kier molecular flexibility index (Phi) is 8.36. The summed E-state index contributed by atoms with van der Waals surface area (Å²) in [5.74, 6) is 0.502. The third-order valence-electron chi connectivity index (χ3n) is 3.86. The minimum Gasteiger partial charge on any atom is -0.489 e. The predicted molar refractivity (Wildman–Crippen MR) is 113 cm³/mol. The van der Waals surface area contributed by atoms with Gasteiger partial charge in [-0.05, 0) is 67.0 Å². The van der Waals surface area contributed by atoms with E-state index >= 15 is 0 Å². The normalized spacial score (nSPS) is 10.2. The van der Waals surface area contributed by atoms with Crippen LogP contribution in [0, 0.1) is 6.92 Å². The molecule has 3 N–H and O–H groups in total. The van der Waals surface area contributed by atoms with Gasteiger partial charge in [-0.1, -0.05) is 37.1 Å². The molecule has 0 aliphatic rings. The highest BCUT2D eigenvalue weighted by molar-refractivity contribution is 7.80.